The lowest BCUT2D eigenvalue weighted by Crippen LogP contribution is -1.97. The van der Waals surface area contributed by atoms with Gasteiger partial charge in [-0.15, -0.1) is 0 Å². The number of para-hydroxylation sites is 2. The molecule has 3 heteroatoms. The molecule has 98 valence electrons. The molecule has 0 aliphatic heterocycles. The van der Waals surface area contributed by atoms with Gasteiger partial charge in [0.1, 0.15) is 11.4 Å². The molecule has 0 radical (unpaired) electrons. The summed E-state index contributed by atoms with van der Waals surface area (Å²) >= 11 is 0. The van der Waals surface area contributed by atoms with Crippen LogP contribution in [0.2, 0.25) is 0 Å². The van der Waals surface area contributed by atoms with E-state index in [1.807, 2.05) is 18.2 Å². The third kappa shape index (κ3) is 5.65. The van der Waals surface area contributed by atoms with Gasteiger partial charge in [0, 0.05) is 0 Å². The number of ether oxygens (including phenoxy) is 1. The maximum atomic E-state index is 10.3. The van der Waals surface area contributed by atoms with Crippen molar-refractivity contribution < 1.29 is 9.53 Å². The van der Waals surface area contributed by atoms with Crippen LogP contribution < -0.4 is 4.74 Å². The van der Waals surface area contributed by atoms with Crippen molar-refractivity contribution in [3.05, 3.63) is 24.3 Å². The predicted molar refractivity (Wildman–Crippen MR) is 73.1 cm³/mol. The highest BCUT2D eigenvalue weighted by Gasteiger charge is 2.00. The zero-order chi connectivity index (χ0) is 13.1. The molecule has 3 nitrogen and oxygen atoms in total. The monoisotopic (exact) mass is 247 g/mol. The fourth-order valence-electron chi connectivity index (χ4n) is 1.79. The quantitative estimate of drug-likeness (QED) is 0.368. The van der Waals surface area contributed by atoms with E-state index in [0.29, 0.717) is 18.0 Å². The first kappa shape index (κ1) is 14.5. The number of nitrogens with zero attached hydrogens (tertiary/aromatic N) is 1. The van der Waals surface area contributed by atoms with Crippen LogP contribution in [-0.2, 0) is 4.79 Å². The van der Waals surface area contributed by atoms with E-state index >= 15 is 0 Å². The summed E-state index contributed by atoms with van der Waals surface area (Å²) in [5.41, 5.74) is 0.554. The third-order valence-electron chi connectivity index (χ3n) is 2.79. The number of hydrogen-bond donors (Lipinski definition) is 0. The van der Waals surface area contributed by atoms with E-state index in [-0.39, 0.29) is 0 Å². The number of unbranched alkanes of at least 4 members (excludes halogenated alkanes) is 5. The van der Waals surface area contributed by atoms with E-state index in [1.165, 1.54) is 32.1 Å². The number of benzene rings is 1. The maximum Gasteiger partial charge on any atom is 0.240 e. The fourth-order valence-corrected chi connectivity index (χ4v) is 1.79. The molecule has 0 aliphatic rings. The number of carbonyl (C=O) groups excluding carboxylic acids is 1. The molecule has 0 unspecified atom stereocenters. The molecule has 0 bridgehead atoms. The first-order valence-corrected chi connectivity index (χ1v) is 6.68. The normalized spacial score (nSPS) is 9.83. The Bertz CT molecular complexity index is 384. The molecule has 0 fully saturated rings. The summed E-state index contributed by atoms with van der Waals surface area (Å²) in [7, 11) is 0. The van der Waals surface area contributed by atoms with E-state index < -0.39 is 0 Å². The van der Waals surface area contributed by atoms with Gasteiger partial charge in [0.05, 0.1) is 6.61 Å². The molecule has 0 saturated carbocycles. The molecule has 1 rings (SSSR count). The Morgan fingerprint density at radius 3 is 2.61 bits per heavy atom. The maximum absolute atomic E-state index is 10.3. The average Bonchev–Trinajstić information content (AvgIpc) is 2.40. The second kappa shape index (κ2) is 9.43. The van der Waals surface area contributed by atoms with Crippen molar-refractivity contribution >= 4 is 11.8 Å². The Morgan fingerprint density at radius 1 is 1.11 bits per heavy atom. The first-order chi connectivity index (χ1) is 8.88. The Morgan fingerprint density at radius 2 is 1.83 bits per heavy atom. The summed E-state index contributed by atoms with van der Waals surface area (Å²) in [4.78, 5) is 13.9. The summed E-state index contributed by atoms with van der Waals surface area (Å²) in [6.07, 6.45) is 8.95. The lowest BCUT2D eigenvalue weighted by molar-refractivity contribution is 0.305. The topological polar surface area (TPSA) is 38.7 Å². The zero-order valence-corrected chi connectivity index (χ0v) is 11.0. The van der Waals surface area contributed by atoms with Gasteiger partial charge in [-0.05, 0) is 18.6 Å². The number of rotatable bonds is 9. The Hall–Kier alpha value is -1.60. The second-order valence-electron chi connectivity index (χ2n) is 4.29. The van der Waals surface area contributed by atoms with Crippen LogP contribution in [0, 0.1) is 0 Å². The van der Waals surface area contributed by atoms with Crippen LogP contribution in [-0.4, -0.2) is 12.7 Å². The highest BCUT2D eigenvalue weighted by atomic mass is 16.5. The molecule has 0 atom stereocenters. The van der Waals surface area contributed by atoms with Crippen LogP contribution >= 0.6 is 0 Å². The summed E-state index contributed by atoms with van der Waals surface area (Å²) in [6, 6.07) is 7.28. The molecule has 1 aromatic carbocycles. The Labute approximate surface area is 109 Å². The minimum Gasteiger partial charge on any atom is -0.491 e. The van der Waals surface area contributed by atoms with Gasteiger partial charge in [-0.1, -0.05) is 51.2 Å². The molecule has 18 heavy (non-hydrogen) atoms. The van der Waals surface area contributed by atoms with E-state index in [9.17, 15) is 4.79 Å². The van der Waals surface area contributed by atoms with Crippen LogP contribution in [0.15, 0.2) is 29.3 Å². The lowest BCUT2D eigenvalue weighted by Gasteiger charge is -2.07. The number of isocyanates is 1. The average molecular weight is 247 g/mol. The van der Waals surface area contributed by atoms with Gasteiger partial charge < -0.3 is 4.74 Å². The van der Waals surface area contributed by atoms with Crippen molar-refractivity contribution in [2.75, 3.05) is 6.61 Å². The molecule has 0 amide bonds. The fraction of sp³-hybridized carbons (Fsp3) is 0.533. The van der Waals surface area contributed by atoms with Crippen molar-refractivity contribution in [3.8, 4) is 5.75 Å². The van der Waals surface area contributed by atoms with E-state index in [1.54, 1.807) is 12.1 Å². The minimum absolute atomic E-state index is 0.554. The van der Waals surface area contributed by atoms with Crippen molar-refractivity contribution in [3.63, 3.8) is 0 Å². The van der Waals surface area contributed by atoms with Crippen LogP contribution in [0.25, 0.3) is 0 Å². The van der Waals surface area contributed by atoms with Gasteiger partial charge >= 0.3 is 0 Å². The number of aliphatic imine (C=N–C) groups is 1. The molecule has 1 aromatic rings. The molecule has 0 aromatic heterocycles. The first-order valence-electron chi connectivity index (χ1n) is 6.68. The van der Waals surface area contributed by atoms with Gasteiger partial charge in [-0.25, -0.2) is 4.79 Å². The Kier molecular flexibility index (Phi) is 7.58. The SMILES string of the molecule is CCCCCCCCOc1ccccc1N=C=O. The molecule has 0 heterocycles. The van der Waals surface area contributed by atoms with E-state index in [2.05, 4.69) is 11.9 Å². The summed E-state index contributed by atoms with van der Waals surface area (Å²) in [6.45, 7) is 2.89. The van der Waals surface area contributed by atoms with Gasteiger partial charge in [0.2, 0.25) is 6.08 Å². The highest BCUT2D eigenvalue weighted by Crippen LogP contribution is 2.26. The molecular weight excluding hydrogens is 226 g/mol. The molecule has 0 N–H and O–H groups in total. The van der Waals surface area contributed by atoms with Crippen LogP contribution in [0.1, 0.15) is 45.4 Å². The molecular formula is C15H21NO2. The van der Waals surface area contributed by atoms with E-state index in [4.69, 9.17) is 4.74 Å². The number of hydrogen-bond acceptors (Lipinski definition) is 3. The lowest BCUT2D eigenvalue weighted by atomic mass is 10.1. The third-order valence-corrected chi connectivity index (χ3v) is 2.79. The summed E-state index contributed by atoms with van der Waals surface area (Å²) in [5, 5.41) is 0. The predicted octanol–water partition coefficient (Wildman–Crippen LogP) is 4.39. The standard InChI is InChI=1S/C15H21NO2/c1-2-3-4-5-6-9-12-18-15-11-8-7-10-14(15)16-13-17/h7-8,10-11H,2-6,9,12H2,1H3. The van der Waals surface area contributed by atoms with Crippen molar-refractivity contribution in [1.29, 1.82) is 0 Å². The highest BCUT2D eigenvalue weighted by molar-refractivity contribution is 5.57. The second-order valence-corrected chi connectivity index (χ2v) is 4.29. The van der Waals surface area contributed by atoms with Crippen LogP contribution in [0.3, 0.4) is 0 Å². The van der Waals surface area contributed by atoms with Crippen LogP contribution in [0.5, 0.6) is 5.75 Å². The molecule has 0 spiro atoms. The van der Waals surface area contributed by atoms with Crippen molar-refractivity contribution in [1.82, 2.24) is 0 Å². The smallest absolute Gasteiger partial charge is 0.240 e. The Balaban J connectivity index is 2.24. The van der Waals surface area contributed by atoms with Gasteiger partial charge in [-0.2, -0.15) is 4.99 Å². The minimum atomic E-state index is 0.554. The molecule has 0 saturated heterocycles. The summed E-state index contributed by atoms with van der Waals surface area (Å²) < 4.78 is 5.62. The van der Waals surface area contributed by atoms with Crippen molar-refractivity contribution in [2.24, 2.45) is 4.99 Å². The van der Waals surface area contributed by atoms with E-state index in [0.717, 1.165) is 6.42 Å². The summed E-state index contributed by atoms with van der Waals surface area (Å²) in [5.74, 6) is 0.661. The van der Waals surface area contributed by atoms with Crippen molar-refractivity contribution in [2.45, 2.75) is 45.4 Å². The largest absolute Gasteiger partial charge is 0.491 e. The zero-order valence-electron chi connectivity index (χ0n) is 11.0. The molecule has 0 aliphatic carbocycles. The van der Waals surface area contributed by atoms with Gasteiger partial charge in [0.25, 0.3) is 0 Å². The van der Waals surface area contributed by atoms with Gasteiger partial charge in [0.15, 0.2) is 0 Å². The van der Waals surface area contributed by atoms with Gasteiger partial charge in [-0.3, -0.25) is 0 Å². The van der Waals surface area contributed by atoms with Crippen LogP contribution in [0.4, 0.5) is 5.69 Å².